The molecule has 0 aromatic carbocycles. The van der Waals surface area contributed by atoms with Crippen molar-refractivity contribution in [3.05, 3.63) is 0 Å². The third kappa shape index (κ3) is 2.98. The standard InChI is InChI=1S/C13H25N/c1-10-3-6-13(11(2)9-10)14-8-7-12-4-5-12/h10-14H,3-9H2,1-2H3. The highest BCUT2D eigenvalue weighted by Crippen LogP contribution is 2.32. The molecule has 2 aliphatic rings. The zero-order valence-corrected chi connectivity index (χ0v) is 9.76. The Hall–Kier alpha value is -0.0400. The molecular formula is C13H25N. The highest BCUT2D eigenvalue weighted by molar-refractivity contribution is 4.82. The Kier molecular flexibility index (Phi) is 3.48. The van der Waals surface area contributed by atoms with Crippen LogP contribution in [-0.4, -0.2) is 12.6 Å². The SMILES string of the molecule is CC1CCC(NCCC2CC2)C(C)C1. The van der Waals surface area contributed by atoms with Gasteiger partial charge in [-0.25, -0.2) is 0 Å². The zero-order chi connectivity index (χ0) is 9.97. The lowest BCUT2D eigenvalue weighted by Crippen LogP contribution is -2.39. The topological polar surface area (TPSA) is 12.0 Å². The van der Waals surface area contributed by atoms with Crippen molar-refractivity contribution in [3.63, 3.8) is 0 Å². The van der Waals surface area contributed by atoms with E-state index in [1.165, 1.54) is 45.1 Å². The molecule has 3 atom stereocenters. The minimum absolute atomic E-state index is 0.824. The predicted molar refractivity (Wildman–Crippen MR) is 61.3 cm³/mol. The zero-order valence-electron chi connectivity index (χ0n) is 9.76. The van der Waals surface area contributed by atoms with Gasteiger partial charge in [0.05, 0.1) is 0 Å². The first-order valence-corrected chi connectivity index (χ1v) is 6.49. The Morgan fingerprint density at radius 1 is 1.07 bits per heavy atom. The van der Waals surface area contributed by atoms with E-state index in [0.717, 1.165) is 23.8 Å². The van der Waals surface area contributed by atoms with E-state index in [-0.39, 0.29) is 0 Å². The molecule has 82 valence electrons. The van der Waals surface area contributed by atoms with Crippen LogP contribution in [0, 0.1) is 17.8 Å². The average Bonchev–Trinajstić information content (AvgIpc) is 2.92. The van der Waals surface area contributed by atoms with Crippen LogP contribution in [-0.2, 0) is 0 Å². The van der Waals surface area contributed by atoms with Crippen molar-refractivity contribution in [2.24, 2.45) is 17.8 Å². The summed E-state index contributed by atoms with van der Waals surface area (Å²) in [6, 6.07) is 0.824. The molecular weight excluding hydrogens is 170 g/mol. The number of hydrogen-bond donors (Lipinski definition) is 1. The van der Waals surface area contributed by atoms with Crippen molar-refractivity contribution in [2.75, 3.05) is 6.54 Å². The van der Waals surface area contributed by atoms with Crippen LogP contribution in [0.1, 0.15) is 52.4 Å². The molecule has 0 aliphatic heterocycles. The van der Waals surface area contributed by atoms with Crippen LogP contribution in [0.4, 0.5) is 0 Å². The fourth-order valence-electron chi connectivity index (χ4n) is 2.85. The van der Waals surface area contributed by atoms with Gasteiger partial charge in [-0.1, -0.05) is 26.7 Å². The van der Waals surface area contributed by atoms with Crippen LogP contribution in [0.15, 0.2) is 0 Å². The molecule has 0 bridgehead atoms. The molecule has 14 heavy (non-hydrogen) atoms. The molecule has 1 nitrogen and oxygen atoms in total. The van der Waals surface area contributed by atoms with Crippen molar-refractivity contribution >= 4 is 0 Å². The fraction of sp³-hybridized carbons (Fsp3) is 1.00. The van der Waals surface area contributed by atoms with Crippen molar-refractivity contribution in [1.82, 2.24) is 5.32 Å². The van der Waals surface area contributed by atoms with Gasteiger partial charge in [-0.05, 0) is 50.0 Å². The largest absolute Gasteiger partial charge is 0.314 e. The van der Waals surface area contributed by atoms with E-state index in [4.69, 9.17) is 0 Å². The van der Waals surface area contributed by atoms with E-state index < -0.39 is 0 Å². The summed E-state index contributed by atoms with van der Waals surface area (Å²) in [5.74, 6) is 2.95. The molecule has 0 spiro atoms. The van der Waals surface area contributed by atoms with Gasteiger partial charge in [-0.15, -0.1) is 0 Å². The van der Waals surface area contributed by atoms with Crippen LogP contribution in [0.2, 0.25) is 0 Å². The number of rotatable bonds is 4. The van der Waals surface area contributed by atoms with Crippen molar-refractivity contribution in [1.29, 1.82) is 0 Å². The summed E-state index contributed by atoms with van der Waals surface area (Å²) < 4.78 is 0. The summed E-state index contributed by atoms with van der Waals surface area (Å²) in [4.78, 5) is 0. The maximum atomic E-state index is 3.76. The first-order chi connectivity index (χ1) is 6.75. The predicted octanol–water partition coefficient (Wildman–Crippen LogP) is 3.20. The van der Waals surface area contributed by atoms with Crippen LogP contribution in [0.5, 0.6) is 0 Å². The van der Waals surface area contributed by atoms with E-state index in [9.17, 15) is 0 Å². The Morgan fingerprint density at radius 3 is 2.50 bits per heavy atom. The van der Waals surface area contributed by atoms with Crippen molar-refractivity contribution in [2.45, 2.75) is 58.4 Å². The second-order valence-corrected chi connectivity index (χ2v) is 5.69. The van der Waals surface area contributed by atoms with E-state index in [2.05, 4.69) is 19.2 Å². The smallest absolute Gasteiger partial charge is 0.00928 e. The Balaban J connectivity index is 1.63. The Morgan fingerprint density at radius 2 is 1.86 bits per heavy atom. The van der Waals surface area contributed by atoms with Crippen LogP contribution < -0.4 is 5.32 Å². The molecule has 0 heterocycles. The highest BCUT2D eigenvalue weighted by Gasteiger charge is 2.26. The Bertz CT molecular complexity index is 174. The van der Waals surface area contributed by atoms with Crippen LogP contribution in [0.25, 0.3) is 0 Å². The minimum atomic E-state index is 0.824. The van der Waals surface area contributed by atoms with E-state index >= 15 is 0 Å². The van der Waals surface area contributed by atoms with Gasteiger partial charge in [0.1, 0.15) is 0 Å². The molecule has 0 amide bonds. The maximum Gasteiger partial charge on any atom is 0.00928 e. The molecule has 0 saturated heterocycles. The normalized spacial score (nSPS) is 38.6. The summed E-state index contributed by atoms with van der Waals surface area (Å²) in [7, 11) is 0. The number of nitrogens with one attached hydrogen (secondary N) is 1. The summed E-state index contributed by atoms with van der Waals surface area (Å²) in [6.45, 7) is 6.09. The molecule has 3 unspecified atom stereocenters. The fourth-order valence-corrected chi connectivity index (χ4v) is 2.85. The molecule has 0 radical (unpaired) electrons. The van der Waals surface area contributed by atoms with Gasteiger partial charge in [-0.2, -0.15) is 0 Å². The van der Waals surface area contributed by atoms with Crippen LogP contribution >= 0.6 is 0 Å². The first-order valence-electron chi connectivity index (χ1n) is 6.49. The van der Waals surface area contributed by atoms with Crippen molar-refractivity contribution < 1.29 is 0 Å². The lowest BCUT2D eigenvalue weighted by molar-refractivity contribution is 0.227. The van der Waals surface area contributed by atoms with E-state index in [1.54, 1.807) is 0 Å². The molecule has 2 fully saturated rings. The third-order valence-corrected chi connectivity index (χ3v) is 4.09. The van der Waals surface area contributed by atoms with Gasteiger partial charge in [0.25, 0.3) is 0 Å². The second kappa shape index (κ2) is 4.65. The monoisotopic (exact) mass is 195 g/mol. The maximum absolute atomic E-state index is 3.76. The summed E-state index contributed by atoms with van der Waals surface area (Å²) >= 11 is 0. The lowest BCUT2D eigenvalue weighted by Gasteiger charge is -2.33. The second-order valence-electron chi connectivity index (χ2n) is 5.69. The van der Waals surface area contributed by atoms with Gasteiger partial charge >= 0.3 is 0 Å². The molecule has 2 rings (SSSR count). The molecule has 1 N–H and O–H groups in total. The Labute approximate surface area is 88.7 Å². The molecule has 0 aromatic rings. The van der Waals surface area contributed by atoms with E-state index in [1.807, 2.05) is 0 Å². The van der Waals surface area contributed by atoms with Gasteiger partial charge in [-0.3, -0.25) is 0 Å². The van der Waals surface area contributed by atoms with Gasteiger partial charge < -0.3 is 5.32 Å². The van der Waals surface area contributed by atoms with E-state index in [0.29, 0.717) is 0 Å². The van der Waals surface area contributed by atoms with Gasteiger partial charge in [0, 0.05) is 6.04 Å². The molecule has 0 aromatic heterocycles. The van der Waals surface area contributed by atoms with Crippen molar-refractivity contribution in [3.8, 4) is 0 Å². The molecule has 1 heteroatoms. The van der Waals surface area contributed by atoms with Gasteiger partial charge in [0.2, 0.25) is 0 Å². The summed E-state index contributed by atoms with van der Waals surface area (Å²) in [5.41, 5.74) is 0. The number of hydrogen-bond acceptors (Lipinski definition) is 1. The average molecular weight is 195 g/mol. The summed E-state index contributed by atoms with van der Waals surface area (Å²) in [5, 5.41) is 3.76. The molecule has 2 saturated carbocycles. The first kappa shape index (κ1) is 10.5. The minimum Gasteiger partial charge on any atom is -0.314 e. The lowest BCUT2D eigenvalue weighted by atomic mass is 9.80. The third-order valence-electron chi connectivity index (χ3n) is 4.09. The highest BCUT2D eigenvalue weighted by atomic mass is 14.9. The van der Waals surface area contributed by atoms with Crippen LogP contribution in [0.3, 0.4) is 0 Å². The summed E-state index contributed by atoms with van der Waals surface area (Å²) in [6.07, 6.45) is 8.70. The van der Waals surface area contributed by atoms with Gasteiger partial charge in [0.15, 0.2) is 0 Å². The quantitative estimate of drug-likeness (QED) is 0.726. The molecule has 2 aliphatic carbocycles.